The van der Waals surface area contributed by atoms with Gasteiger partial charge in [0.25, 0.3) is 0 Å². The number of hydrogen-bond acceptors (Lipinski definition) is 1. The first-order valence-electron chi connectivity index (χ1n) is 5.27. The molecule has 1 nitrogen and oxygen atoms in total. The van der Waals surface area contributed by atoms with Crippen LogP contribution in [0.2, 0.25) is 0 Å². The highest BCUT2D eigenvalue weighted by molar-refractivity contribution is 5.20. The van der Waals surface area contributed by atoms with E-state index in [2.05, 4.69) is 12.2 Å². The number of nitrogens with one attached hydrogen (secondary N) is 1. The van der Waals surface area contributed by atoms with Crippen molar-refractivity contribution < 1.29 is 8.78 Å². The zero-order chi connectivity index (χ0) is 10.9. The molecule has 0 spiro atoms. The lowest BCUT2D eigenvalue weighted by molar-refractivity contribution is 0.411. The lowest BCUT2D eigenvalue weighted by Crippen LogP contribution is -2.38. The minimum absolute atomic E-state index is 0.000231. The highest BCUT2D eigenvalue weighted by Gasteiger charge is 2.28. The first-order chi connectivity index (χ1) is 7.07. The van der Waals surface area contributed by atoms with Crippen LogP contribution in [0.5, 0.6) is 0 Å². The Morgan fingerprint density at radius 3 is 2.47 bits per heavy atom. The van der Waals surface area contributed by atoms with Gasteiger partial charge in [-0.1, -0.05) is 0 Å². The SMILES string of the molecule is CC1(Cc2cc(F)cc(F)c2)CCCN1. The van der Waals surface area contributed by atoms with E-state index >= 15 is 0 Å². The van der Waals surface area contributed by atoms with E-state index in [-0.39, 0.29) is 5.54 Å². The predicted octanol–water partition coefficient (Wildman–Crippen LogP) is 2.65. The second kappa shape index (κ2) is 3.89. The van der Waals surface area contributed by atoms with Gasteiger partial charge in [-0.2, -0.15) is 0 Å². The fraction of sp³-hybridized carbons (Fsp3) is 0.500. The van der Waals surface area contributed by atoms with Crippen LogP contribution in [-0.2, 0) is 6.42 Å². The van der Waals surface area contributed by atoms with E-state index in [1.54, 1.807) is 0 Å². The molecule has 1 aromatic carbocycles. The smallest absolute Gasteiger partial charge is 0.126 e. The van der Waals surface area contributed by atoms with Gasteiger partial charge in [0.05, 0.1) is 0 Å². The number of rotatable bonds is 2. The van der Waals surface area contributed by atoms with Gasteiger partial charge in [-0.05, 0) is 50.4 Å². The molecule has 1 heterocycles. The Labute approximate surface area is 88.5 Å². The molecule has 1 aliphatic heterocycles. The summed E-state index contributed by atoms with van der Waals surface area (Å²) in [6.07, 6.45) is 2.88. The van der Waals surface area contributed by atoms with Gasteiger partial charge in [-0.15, -0.1) is 0 Å². The molecule has 0 aliphatic carbocycles. The standard InChI is InChI=1S/C12H15F2N/c1-12(3-2-4-15-12)8-9-5-10(13)7-11(14)6-9/h5-7,15H,2-4,8H2,1H3. The number of benzene rings is 1. The summed E-state index contributed by atoms with van der Waals surface area (Å²) >= 11 is 0. The monoisotopic (exact) mass is 211 g/mol. The maximum atomic E-state index is 13.0. The van der Waals surface area contributed by atoms with Crippen LogP contribution in [0.4, 0.5) is 8.78 Å². The van der Waals surface area contributed by atoms with Gasteiger partial charge in [0.1, 0.15) is 11.6 Å². The molecule has 3 heteroatoms. The summed E-state index contributed by atoms with van der Waals surface area (Å²) in [4.78, 5) is 0. The van der Waals surface area contributed by atoms with E-state index in [0.29, 0.717) is 6.42 Å². The van der Waals surface area contributed by atoms with Crippen LogP contribution < -0.4 is 5.32 Å². The molecule has 0 aromatic heterocycles. The van der Waals surface area contributed by atoms with Crippen LogP contribution >= 0.6 is 0 Å². The number of halogens is 2. The van der Waals surface area contributed by atoms with Gasteiger partial charge in [0.15, 0.2) is 0 Å². The molecular formula is C12H15F2N. The summed E-state index contributed by atoms with van der Waals surface area (Å²) in [6.45, 7) is 3.09. The summed E-state index contributed by atoms with van der Waals surface area (Å²) < 4.78 is 25.9. The molecule has 1 aromatic rings. The molecule has 0 amide bonds. The lowest BCUT2D eigenvalue weighted by Gasteiger charge is -2.24. The Morgan fingerprint density at radius 2 is 1.93 bits per heavy atom. The molecular weight excluding hydrogens is 196 g/mol. The van der Waals surface area contributed by atoms with Gasteiger partial charge in [-0.25, -0.2) is 8.78 Å². The summed E-state index contributed by atoms with van der Waals surface area (Å²) in [5.74, 6) is -0.988. The van der Waals surface area contributed by atoms with Gasteiger partial charge in [-0.3, -0.25) is 0 Å². The third-order valence-corrected chi connectivity index (χ3v) is 2.97. The Morgan fingerprint density at radius 1 is 1.27 bits per heavy atom. The molecule has 2 rings (SSSR count). The summed E-state index contributed by atoms with van der Waals surface area (Å²) in [5, 5.41) is 3.38. The average molecular weight is 211 g/mol. The minimum atomic E-state index is -0.494. The van der Waals surface area contributed by atoms with Crippen LogP contribution in [0.15, 0.2) is 18.2 Å². The molecule has 0 radical (unpaired) electrons. The molecule has 1 aliphatic rings. The lowest BCUT2D eigenvalue weighted by atomic mass is 9.91. The highest BCUT2D eigenvalue weighted by atomic mass is 19.1. The van der Waals surface area contributed by atoms with Gasteiger partial charge >= 0.3 is 0 Å². The first-order valence-corrected chi connectivity index (χ1v) is 5.27. The second-order valence-corrected chi connectivity index (χ2v) is 4.55. The molecule has 0 bridgehead atoms. The van der Waals surface area contributed by atoms with E-state index in [0.717, 1.165) is 31.0 Å². The fourth-order valence-electron chi connectivity index (χ4n) is 2.27. The van der Waals surface area contributed by atoms with Crippen LogP contribution in [0, 0.1) is 11.6 Å². The van der Waals surface area contributed by atoms with Crippen molar-refractivity contribution >= 4 is 0 Å². The molecule has 1 unspecified atom stereocenters. The Balaban J connectivity index is 2.16. The van der Waals surface area contributed by atoms with Crippen LogP contribution in [-0.4, -0.2) is 12.1 Å². The third-order valence-electron chi connectivity index (χ3n) is 2.97. The summed E-state index contributed by atoms with van der Waals surface area (Å²) in [6, 6.07) is 3.73. The van der Waals surface area contributed by atoms with Crippen molar-refractivity contribution in [3.05, 3.63) is 35.4 Å². The van der Waals surface area contributed by atoms with Crippen molar-refractivity contribution in [2.24, 2.45) is 0 Å². The topological polar surface area (TPSA) is 12.0 Å². The first kappa shape index (κ1) is 10.6. The predicted molar refractivity (Wildman–Crippen MR) is 55.7 cm³/mol. The van der Waals surface area contributed by atoms with E-state index in [4.69, 9.17) is 0 Å². The van der Waals surface area contributed by atoms with E-state index in [1.807, 2.05) is 0 Å². The largest absolute Gasteiger partial charge is 0.311 e. The van der Waals surface area contributed by atoms with Gasteiger partial charge in [0, 0.05) is 11.6 Å². The van der Waals surface area contributed by atoms with Crippen molar-refractivity contribution in [2.75, 3.05) is 6.54 Å². The van der Waals surface area contributed by atoms with Crippen LogP contribution in [0.3, 0.4) is 0 Å². The van der Waals surface area contributed by atoms with Gasteiger partial charge in [0.2, 0.25) is 0 Å². The second-order valence-electron chi connectivity index (χ2n) is 4.55. The maximum absolute atomic E-state index is 13.0. The molecule has 82 valence electrons. The molecule has 1 fully saturated rings. The van der Waals surface area contributed by atoms with E-state index in [1.165, 1.54) is 12.1 Å². The fourth-order valence-corrected chi connectivity index (χ4v) is 2.27. The molecule has 1 N–H and O–H groups in total. The Kier molecular flexibility index (Phi) is 2.74. The average Bonchev–Trinajstić information content (AvgIpc) is 2.49. The third kappa shape index (κ3) is 2.53. The molecule has 1 atom stereocenters. The summed E-state index contributed by atoms with van der Waals surface area (Å²) in [5.41, 5.74) is 0.727. The summed E-state index contributed by atoms with van der Waals surface area (Å²) in [7, 11) is 0. The Bertz CT molecular complexity index is 336. The van der Waals surface area contributed by atoms with Crippen molar-refractivity contribution in [3.8, 4) is 0 Å². The minimum Gasteiger partial charge on any atom is -0.311 e. The zero-order valence-corrected chi connectivity index (χ0v) is 8.82. The van der Waals surface area contributed by atoms with E-state index in [9.17, 15) is 8.78 Å². The van der Waals surface area contributed by atoms with Crippen molar-refractivity contribution in [2.45, 2.75) is 31.7 Å². The van der Waals surface area contributed by atoms with Crippen molar-refractivity contribution in [1.29, 1.82) is 0 Å². The van der Waals surface area contributed by atoms with Crippen molar-refractivity contribution in [3.63, 3.8) is 0 Å². The van der Waals surface area contributed by atoms with Crippen LogP contribution in [0.25, 0.3) is 0 Å². The Hall–Kier alpha value is -0.960. The molecule has 1 saturated heterocycles. The van der Waals surface area contributed by atoms with E-state index < -0.39 is 11.6 Å². The van der Waals surface area contributed by atoms with Gasteiger partial charge < -0.3 is 5.32 Å². The quantitative estimate of drug-likeness (QED) is 0.793. The van der Waals surface area contributed by atoms with Crippen LogP contribution in [0.1, 0.15) is 25.3 Å². The number of hydrogen-bond donors (Lipinski definition) is 1. The maximum Gasteiger partial charge on any atom is 0.126 e. The molecule has 0 saturated carbocycles. The molecule has 15 heavy (non-hydrogen) atoms. The highest BCUT2D eigenvalue weighted by Crippen LogP contribution is 2.24. The van der Waals surface area contributed by atoms with Crippen molar-refractivity contribution in [1.82, 2.24) is 5.32 Å². The normalized spacial score (nSPS) is 25.8. The zero-order valence-electron chi connectivity index (χ0n) is 8.82.